The summed E-state index contributed by atoms with van der Waals surface area (Å²) < 4.78 is 66.4. The molecule has 0 aliphatic heterocycles. The largest absolute Gasteiger partial charge is 0.496 e. The molecule has 0 aliphatic rings. The molecule has 0 saturated heterocycles. The molecular weight excluding hydrogens is 424 g/mol. The van der Waals surface area contributed by atoms with E-state index in [-0.39, 0.29) is 23.3 Å². The summed E-state index contributed by atoms with van der Waals surface area (Å²) in [5.74, 6) is -0.220. The van der Waals surface area contributed by atoms with E-state index in [1.807, 2.05) is 13.8 Å². The number of hydrogen-bond donors (Lipinski definition) is 0. The van der Waals surface area contributed by atoms with Gasteiger partial charge in [-0.1, -0.05) is 40.7 Å². The van der Waals surface area contributed by atoms with Gasteiger partial charge in [-0.3, -0.25) is 0 Å². The lowest BCUT2D eigenvalue weighted by Gasteiger charge is -2.36. The van der Waals surface area contributed by atoms with Gasteiger partial charge in [0.15, 0.2) is 8.32 Å². The van der Waals surface area contributed by atoms with Gasteiger partial charge in [0.1, 0.15) is 11.6 Å². The van der Waals surface area contributed by atoms with Crippen LogP contribution in [0.4, 0.5) is 17.6 Å². The van der Waals surface area contributed by atoms with E-state index < -0.39 is 25.9 Å². The van der Waals surface area contributed by atoms with E-state index in [0.717, 1.165) is 12.1 Å². The Balaban J connectivity index is 2.66. The summed E-state index contributed by atoms with van der Waals surface area (Å²) in [6.07, 6.45) is -4.47. The molecule has 0 spiro atoms. The van der Waals surface area contributed by atoms with Crippen molar-refractivity contribution >= 4 is 8.32 Å². The lowest BCUT2D eigenvalue weighted by molar-refractivity contribution is -0.137. The minimum Gasteiger partial charge on any atom is -0.496 e. The molecule has 7 heteroatoms. The highest BCUT2D eigenvalue weighted by molar-refractivity contribution is 6.74. The number of hydrogen-bond acceptors (Lipinski definition) is 2. The number of alkyl halides is 3. The molecule has 0 heterocycles. The third kappa shape index (κ3) is 5.69. The van der Waals surface area contributed by atoms with Gasteiger partial charge in [0.2, 0.25) is 0 Å². The van der Waals surface area contributed by atoms with Crippen LogP contribution in [-0.4, -0.2) is 15.4 Å². The highest BCUT2D eigenvalue weighted by Gasteiger charge is 2.38. The first kappa shape index (κ1) is 25.4. The smallest absolute Gasteiger partial charge is 0.416 e. The lowest BCUT2D eigenvalue weighted by atomic mass is 9.92. The Bertz CT molecular complexity index is 928. The van der Waals surface area contributed by atoms with E-state index in [0.29, 0.717) is 22.3 Å². The summed E-state index contributed by atoms with van der Waals surface area (Å²) >= 11 is 0. The fourth-order valence-corrected chi connectivity index (χ4v) is 3.97. The predicted molar refractivity (Wildman–Crippen MR) is 119 cm³/mol. The van der Waals surface area contributed by atoms with Gasteiger partial charge in [-0.2, -0.15) is 13.2 Å². The van der Waals surface area contributed by atoms with Crippen LogP contribution in [0.1, 0.15) is 57.2 Å². The Morgan fingerprint density at radius 3 is 2.06 bits per heavy atom. The van der Waals surface area contributed by atoms with Gasteiger partial charge in [-0.05, 0) is 58.9 Å². The first-order chi connectivity index (χ1) is 14.1. The van der Waals surface area contributed by atoms with Crippen LogP contribution in [0.15, 0.2) is 30.3 Å². The summed E-state index contributed by atoms with van der Waals surface area (Å²) in [6, 6.07) is 6.55. The monoisotopic (exact) mass is 456 g/mol. The van der Waals surface area contributed by atoms with Crippen LogP contribution in [-0.2, 0) is 17.2 Å². The van der Waals surface area contributed by atoms with Gasteiger partial charge in [0, 0.05) is 11.6 Å². The van der Waals surface area contributed by atoms with Gasteiger partial charge in [0.25, 0.3) is 0 Å². The van der Waals surface area contributed by atoms with Crippen molar-refractivity contribution in [1.29, 1.82) is 0 Å². The maximum atomic E-state index is 14.5. The van der Waals surface area contributed by atoms with E-state index >= 15 is 0 Å². The number of methoxy groups -OCH3 is 1. The zero-order valence-electron chi connectivity index (χ0n) is 19.5. The molecule has 0 aliphatic carbocycles. The Labute approximate surface area is 183 Å². The van der Waals surface area contributed by atoms with E-state index in [1.165, 1.54) is 19.2 Å². The molecule has 0 fully saturated rings. The van der Waals surface area contributed by atoms with Crippen LogP contribution < -0.4 is 4.74 Å². The summed E-state index contributed by atoms with van der Waals surface area (Å²) in [5, 5.41) is -0.0901. The molecule has 0 saturated carbocycles. The van der Waals surface area contributed by atoms with Crippen molar-refractivity contribution in [1.82, 2.24) is 0 Å². The normalized spacial score (nSPS) is 13.1. The molecule has 0 aromatic heterocycles. The van der Waals surface area contributed by atoms with Crippen molar-refractivity contribution in [2.75, 3.05) is 7.11 Å². The minimum atomic E-state index is -4.47. The molecule has 31 heavy (non-hydrogen) atoms. The van der Waals surface area contributed by atoms with Crippen LogP contribution in [0.3, 0.4) is 0 Å². The van der Waals surface area contributed by atoms with Crippen LogP contribution in [0.5, 0.6) is 5.75 Å². The SMILES string of the molecule is COc1cc(F)c(C(C)C)cc1-c1ccc(C(F)(F)F)cc1CO[Si](C)(C)C(C)(C)C. The van der Waals surface area contributed by atoms with Crippen LogP contribution >= 0.6 is 0 Å². The molecular formula is C24H32F4O2Si. The second-order valence-corrected chi connectivity index (χ2v) is 14.5. The number of rotatable bonds is 6. The van der Waals surface area contributed by atoms with Gasteiger partial charge in [-0.25, -0.2) is 4.39 Å². The fourth-order valence-electron chi connectivity index (χ4n) is 3.02. The molecule has 0 N–H and O–H groups in total. The molecule has 0 unspecified atom stereocenters. The van der Waals surface area contributed by atoms with Crippen LogP contribution in [0.25, 0.3) is 11.1 Å². The first-order valence-corrected chi connectivity index (χ1v) is 13.2. The van der Waals surface area contributed by atoms with E-state index in [1.54, 1.807) is 6.07 Å². The van der Waals surface area contributed by atoms with Crippen molar-refractivity contribution in [3.05, 3.63) is 52.8 Å². The van der Waals surface area contributed by atoms with Gasteiger partial charge in [0.05, 0.1) is 19.3 Å². The quantitative estimate of drug-likeness (QED) is 0.322. The fraction of sp³-hybridized carbons (Fsp3) is 0.500. The van der Waals surface area contributed by atoms with Crippen molar-refractivity contribution in [3.63, 3.8) is 0 Å². The van der Waals surface area contributed by atoms with Gasteiger partial charge in [-0.15, -0.1) is 0 Å². The molecule has 2 aromatic carbocycles. The van der Waals surface area contributed by atoms with E-state index in [9.17, 15) is 17.6 Å². The zero-order valence-corrected chi connectivity index (χ0v) is 20.5. The van der Waals surface area contributed by atoms with Crippen molar-refractivity contribution in [2.45, 2.75) is 71.5 Å². The average Bonchev–Trinajstić information content (AvgIpc) is 2.64. The van der Waals surface area contributed by atoms with Crippen molar-refractivity contribution < 1.29 is 26.7 Å². The topological polar surface area (TPSA) is 18.5 Å². The van der Waals surface area contributed by atoms with Crippen molar-refractivity contribution in [2.24, 2.45) is 0 Å². The van der Waals surface area contributed by atoms with Gasteiger partial charge >= 0.3 is 6.18 Å². The van der Waals surface area contributed by atoms with E-state index in [2.05, 4.69) is 33.9 Å². The second kappa shape index (κ2) is 8.94. The molecule has 2 rings (SSSR count). The third-order valence-corrected chi connectivity index (χ3v) is 10.5. The maximum Gasteiger partial charge on any atom is 0.416 e. The molecule has 0 atom stereocenters. The number of ether oxygens (including phenoxy) is 1. The summed E-state index contributed by atoms with van der Waals surface area (Å²) in [6.45, 7) is 14.1. The van der Waals surface area contributed by atoms with Crippen molar-refractivity contribution in [3.8, 4) is 16.9 Å². The molecule has 0 amide bonds. The van der Waals surface area contributed by atoms with Crippen LogP contribution in [0, 0.1) is 5.82 Å². The highest BCUT2D eigenvalue weighted by atomic mass is 28.4. The third-order valence-electron chi connectivity index (χ3n) is 6.06. The molecule has 0 radical (unpaired) electrons. The lowest BCUT2D eigenvalue weighted by Crippen LogP contribution is -2.40. The predicted octanol–water partition coefficient (Wildman–Crippen LogP) is 8.17. The van der Waals surface area contributed by atoms with E-state index in [4.69, 9.17) is 9.16 Å². The highest BCUT2D eigenvalue weighted by Crippen LogP contribution is 2.41. The Morgan fingerprint density at radius 1 is 0.968 bits per heavy atom. The maximum absolute atomic E-state index is 14.5. The Hall–Kier alpha value is -1.86. The van der Waals surface area contributed by atoms with Crippen LogP contribution in [0.2, 0.25) is 18.1 Å². The first-order valence-electron chi connectivity index (χ1n) is 10.3. The number of benzene rings is 2. The second-order valence-electron chi connectivity index (χ2n) is 9.65. The summed E-state index contributed by atoms with van der Waals surface area (Å²) in [5.41, 5.74) is 1.24. The van der Waals surface area contributed by atoms with Gasteiger partial charge < -0.3 is 9.16 Å². The molecule has 0 bridgehead atoms. The Morgan fingerprint density at radius 2 is 1.58 bits per heavy atom. The summed E-state index contributed by atoms with van der Waals surface area (Å²) in [4.78, 5) is 0. The summed E-state index contributed by atoms with van der Waals surface area (Å²) in [7, 11) is -0.787. The average molecular weight is 457 g/mol. The molecule has 2 nitrogen and oxygen atoms in total. The molecule has 2 aromatic rings. The zero-order chi connectivity index (χ0) is 23.8. The number of halogens is 4. The molecule has 172 valence electrons. The standard InChI is InChI=1S/C24H32F4O2Si/c1-15(2)19-12-20(22(29-6)13-21(19)25)18-10-9-17(24(26,27)28)11-16(18)14-30-31(7,8)23(3,4)5/h9-13,15H,14H2,1-8H3. The minimum absolute atomic E-state index is 0.0350. The Kier molecular flexibility index (Phi) is 7.33.